The first-order chi connectivity index (χ1) is 7.70. The molecule has 0 amide bonds. The second-order valence-corrected chi connectivity index (χ2v) is 4.68. The van der Waals surface area contributed by atoms with Gasteiger partial charge in [-0.3, -0.25) is 4.79 Å². The van der Waals surface area contributed by atoms with E-state index < -0.39 is 0 Å². The maximum Gasteiger partial charge on any atom is 0.164 e. The van der Waals surface area contributed by atoms with E-state index in [4.69, 9.17) is 5.73 Å². The minimum atomic E-state index is 0.0679. The van der Waals surface area contributed by atoms with Gasteiger partial charge in [-0.1, -0.05) is 31.2 Å². The van der Waals surface area contributed by atoms with Crippen LogP contribution in [-0.4, -0.2) is 11.8 Å². The van der Waals surface area contributed by atoms with Crippen molar-refractivity contribution >= 4 is 5.78 Å². The average molecular weight is 217 g/mol. The van der Waals surface area contributed by atoms with Crippen molar-refractivity contribution in [2.45, 2.75) is 38.6 Å². The van der Waals surface area contributed by atoms with Gasteiger partial charge in [0.2, 0.25) is 0 Å². The predicted molar refractivity (Wildman–Crippen MR) is 65.5 cm³/mol. The minimum absolute atomic E-state index is 0.0679. The molecule has 0 bridgehead atoms. The number of aryl methyl sites for hydroxylation is 1. The molecule has 1 aliphatic rings. The molecule has 2 rings (SSSR count). The van der Waals surface area contributed by atoms with E-state index in [1.165, 1.54) is 18.4 Å². The van der Waals surface area contributed by atoms with Crippen molar-refractivity contribution in [3.05, 3.63) is 35.4 Å². The number of hydrogen-bond acceptors (Lipinski definition) is 2. The van der Waals surface area contributed by atoms with E-state index in [-0.39, 0.29) is 11.8 Å². The molecular formula is C14H19NO. The summed E-state index contributed by atoms with van der Waals surface area (Å²) < 4.78 is 0. The van der Waals surface area contributed by atoms with Crippen LogP contribution < -0.4 is 5.73 Å². The van der Waals surface area contributed by atoms with Gasteiger partial charge in [0.1, 0.15) is 0 Å². The van der Waals surface area contributed by atoms with Crippen LogP contribution in [0, 0.1) is 5.92 Å². The number of rotatable bonds is 5. The third kappa shape index (κ3) is 2.70. The maximum atomic E-state index is 11.9. The van der Waals surface area contributed by atoms with Gasteiger partial charge in [-0.25, -0.2) is 0 Å². The highest BCUT2D eigenvalue weighted by molar-refractivity contribution is 5.96. The fourth-order valence-electron chi connectivity index (χ4n) is 1.95. The zero-order valence-electron chi connectivity index (χ0n) is 9.78. The number of Topliss-reactive ketones (excluding diaryl/α,β-unsaturated/α-hetero) is 1. The number of carbonyl (C=O) groups is 1. The van der Waals surface area contributed by atoms with E-state index in [1.54, 1.807) is 0 Å². The SMILES string of the molecule is CCc1ccc(C(=O)CC(N)C2CC2)cc1. The smallest absolute Gasteiger partial charge is 0.164 e. The van der Waals surface area contributed by atoms with Crippen LogP contribution in [0.3, 0.4) is 0 Å². The van der Waals surface area contributed by atoms with Crippen LogP contribution in [0.25, 0.3) is 0 Å². The summed E-state index contributed by atoms with van der Waals surface area (Å²) in [7, 11) is 0. The first-order valence-corrected chi connectivity index (χ1v) is 6.08. The number of ketones is 1. The zero-order chi connectivity index (χ0) is 11.5. The quantitative estimate of drug-likeness (QED) is 0.770. The Kier molecular flexibility index (Phi) is 3.39. The average Bonchev–Trinajstić information content (AvgIpc) is 3.13. The fourth-order valence-corrected chi connectivity index (χ4v) is 1.95. The van der Waals surface area contributed by atoms with E-state index in [9.17, 15) is 4.79 Å². The molecule has 86 valence electrons. The molecule has 1 aromatic carbocycles. The zero-order valence-corrected chi connectivity index (χ0v) is 9.78. The van der Waals surface area contributed by atoms with Crippen LogP contribution in [0.2, 0.25) is 0 Å². The predicted octanol–water partition coefficient (Wildman–Crippen LogP) is 2.56. The van der Waals surface area contributed by atoms with Gasteiger partial charge in [0.25, 0.3) is 0 Å². The molecule has 0 aromatic heterocycles. The van der Waals surface area contributed by atoms with E-state index in [2.05, 4.69) is 6.92 Å². The Hall–Kier alpha value is -1.15. The second kappa shape index (κ2) is 4.79. The first-order valence-electron chi connectivity index (χ1n) is 6.08. The van der Waals surface area contributed by atoms with Gasteiger partial charge in [-0.15, -0.1) is 0 Å². The van der Waals surface area contributed by atoms with Crippen molar-refractivity contribution in [2.75, 3.05) is 0 Å². The van der Waals surface area contributed by atoms with E-state index >= 15 is 0 Å². The molecule has 2 N–H and O–H groups in total. The van der Waals surface area contributed by atoms with Gasteiger partial charge in [0.05, 0.1) is 0 Å². The second-order valence-electron chi connectivity index (χ2n) is 4.68. The van der Waals surface area contributed by atoms with Gasteiger partial charge >= 0.3 is 0 Å². The number of hydrogen-bond donors (Lipinski definition) is 1. The Morgan fingerprint density at radius 2 is 2.00 bits per heavy atom. The van der Waals surface area contributed by atoms with Gasteiger partial charge < -0.3 is 5.73 Å². The summed E-state index contributed by atoms with van der Waals surface area (Å²) in [5.74, 6) is 0.779. The highest BCUT2D eigenvalue weighted by Gasteiger charge is 2.29. The molecule has 0 heterocycles. The molecule has 16 heavy (non-hydrogen) atoms. The summed E-state index contributed by atoms with van der Waals surface area (Å²) in [5, 5.41) is 0. The molecule has 2 heteroatoms. The summed E-state index contributed by atoms with van der Waals surface area (Å²) in [6.45, 7) is 2.11. The Morgan fingerprint density at radius 3 is 2.50 bits per heavy atom. The lowest BCUT2D eigenvalue weighted by Gasteiger charge is -2.09. The molecule has 0 radical (unpaired) electrons. The van der Waals surface area contributed by atoms with Gasteiger partial charge in [-0.2, -0.15) is 0 Å². The van der Waals surface area contributed by atoms with Crippen molar-refractivity contribution in [1.29, 1.82) is 0 Å². The van der Waals surface area contributed by atoms with Crippen LogP contribution >= 0.6 is 0 Å². The molecule has 1 unspecified atom stereocenters. The lowest BCUT2D eigenvalue weighted by atomic mass is 10.00. The van der Waals surface area contributed by atoms with Crippen LogP contribution in [0.5, 0.6) is 0 Å². The molecule has 1 atom stereocenters. The van der Waals surface area contributed by atoms with Gasteiger partial charge in [0, 0.05) is 18.0 Å². The third-order valence-electron chi connectivity index (χ3n) is 3.33. The summed E-state index contributed by atoms with van der Waals surface area (Å²) in [5.41, 5.74) is 8.02. The number of nitrogens with two attached hydrogens (primary N) is 1. The van der Waals surface area contributed by atoms with Gasteiger partial charge in [-0.05, 0) is 30.7 Å². The molecular weight excluding hydrogens is 198 g/mol. The molecule has 1 aliphatic carbocycles. The molecule has 0 aliphatic heterocycles. The van der Waals surface area contributed by atoms with Crippen molar-refractivity contribution < 1.29 is 4.79 Å². The van der Waals surface area contributed by atoms with E-state index in [0.29, 0.717) is 12.3 Å². The summed E-state index contributed by atoms with van der Waals surface area (Å²) in [4.78, 5) is 11.9. The molecule has 1 saturated carbocycles. The van der Waals surface area contributed by atoms with Crippen molar-refractivity contribution in [3.8, 4) is 0 Å². The first kappa shape index (κ1) is 11.3. The van der Waals surface area contributed by atoms with E-state index in [0.717, 1.165) is 12.0 Å². The molecule has 1 fully saturated rings. The number of benzene rings is 1. The topological polar surface area (TPSA) is 43.1 Å². The highest BCUT2D eigenvalue weighted by atomic mass is 16.1. The number of carbonyl (C=O) groups excluding carboxylic acids is 1. The lowest BCUT2D eigenvalue weighted by molar-refractivity contribution is 0.0971. The standard InChI is InChI=1S/C14H19NO/c1-2-10-3-5-12(6-4-10)14(16)9-13(15)11-7-8-11/h3-6,11,13H,2,7-9,15H2,1H3. The maximum absolute atomic E-state index is 11.9. The summed E-state index contributed by atoms with van der Waals surface area (Å²) >= 11 is 0. The third-order valence-corrected chi connectivity index (χ3v) is 3.33. The largest absolute Gasteiger partial charge is 0.327 e. The van der Waals surface area contributed by atoms with Crippen molar-refractivity contribution in [3.63, 3.8) is 0 Å². The Labute approximate surface area is 96.8 Å². The Balaban J connectivity index is 1.96. The molecule has 1 aromatic rings. The van der Waals surface area contributed by atoms with Gasteiger partial charge in [0.15, 0.2) is 5.78 Å². The normalized spacial score (nSPS) is 17.1. The minimum Gasteiger partial charge on any atom is -0.327 e. The lowest BCUT2D eigenvalue weighted by Crippen LogP contribution is -2.25. The van der Waals surface area contributed by atoms with Crippen molar-refractivity contribution in [2.24, 2.45) is 11.7 Å². The molecule has 0 saturated heterocycles. The molecule has 0 spiro atoms. The Bertz CT molecular complexity index is 365. The molecule has 2 nitrogen and oxygen atoms in total. The summed E-state index contributed by atoms with van der Waals surface area (Å²) in [6, 6.07) is 7.95. The van der Waals surface area contributed by atoms with Crippen LogP contribution in [-0.2, 0) is 6.42 Å². The van der Waals surface area contributed by atoms with Crippen LogP contribution in [0.1, 0.15) is 42.1 Å². The monoisotopic (exact) mass is 217 g/mol. The van der Waals surface area contributed by atoms with Crippen LogP contribution in [0.4, 0.5) is 0 Å². The Morgan fingerprint density at radius 1 is 1.38 bits per heavy atom. The fraction of sp³-hybridized carbons (Fsp3) is 0.500. The van der Waals surface area contributed by atoms with E-state index in [1.807, 2.05) is 24.3 Å². The highest BCUT2D eigenvalue weighted by Crippen LogP contribution is 2.33. The van der Waals surface area contributed by atoms with Crippen molar-refractivity contribution in [1.82, 2.24) is 0 Å². The van der Waals surface area contributed by atoms with Crippen LogP contribution in [0.15, 0.2) is 24.3 Å². The summed E-state index contributed by atoms with van der Waals surface area (Å²) in [6.07, 6.45) is 3.90.